The molecular weight excluding hydrogens is 444 g/mol. The Kier molecular flexibility index (Phi) is 5.58. The Morgan fingerprint density at radius 1 is 1.07 bits per heavy atom. The minimum absolute atomic E-state index is 0.126. The van der Waals surface area contributed by atoms with E-state index in [1.54, 1.807) is 52.9 Å². The van der Waals surface area contributed by atoms with E-state index in [2.05, 4.69) is 15.0 Å². The summed E-state index contributed by atoms with van der Waals surface area (Å²) < 4.78 is 29.5. The van der Waals surface area contributed by atoms with E-state index in [0.717, 1.165) is 4.96 Å². The molecule has 2 aromatic heterocycles. The molecule has 4 aromatic rings. The lowest BCUT2D eigenvalue weighted by molar-refractivity contribution is -0.111. The number of benzene rings is 2. The first-order valence-corrected chi connectivity index (χ1v) is 11.4. The van der Waals surface area contributed by atoms with Crippen LogP contribution in [0.2, 0.25) is 5.15 Å². The summed E-state index contributed by atoms with van der Waals surface area (Å²) in [5, 5.41) is 4.85. The fourth-order valence-electron chi connectivity index (χ4n) is 2.74. The highest BCUT2D eigenvalue weighted by Crippen LogP contribution is 2.25. The van der Waals surface area contributed by atoms with Crippen LogP contribution in [-0.2, 0) is 14.8 Å². The molecule has 7 nitrogen and oxygen atoms in total. The third-order valence-electron chi connectivity index (χ3n) is 4.13. The predicted molar refractivity (Wildman–Crippen MR) is 119 cm³/mol. The summed E-state index contributed by atoms with van der Waals surface area (Å²) >= 11 is 7.56. The average Bonchev–Trinajstić information content (AvgIpc) is 3.29. The van der Waals surface area contributed by atoms with Gasteiger partial charge in [0.15, 0.2) is 10.1 Å². The van der Waals surface area contributed by atoms with Crippen molar-refractivity contribution in [2.45, 2.75) is 4.90 Å². The highest BCUT2D eigenvalue weighted by atomic mass is 35.5. The second-order valence-electron chi connectivity index (χ2n) is 6.13. The number of aromatic nitrogens is 2. The summed E-state index contributed by atoms with van der Waals surface area (Å²) in [5.41, 5.74) is 1.17. The molecule has 0 radical (unpaired) electrons. The summed E-state index contributed by atoms with van der Waals surface area (Å²) in [6.45, 7) is 0. The van der Waals surface area contributed by atoms with Gasteiger partial charge in [-0.15, -0.1) is 11.3 Å². The number of rotatable bonds is 6. The number of hydrogen-bond donors (Lipinski definition) is 2. The van der Waals surface area contributed by atoms with Crippen molar-refractivity contribution in [2.24, 2.45) is 0 Å². The van der Waals surface area contributed by atoms with E-state index in [1.807, 2.05) is 11.6 Å². The van der Waals surface area contributed by atoms with E-state index in [4.69, 9.17) is 11.6 Å². The van der Waals surface area contributed by atoms with Crippen LogP contribution in [-0.4, -0.2) is 23.7 Å². The van der Waals surface area contributed by atoms with Gasteiger partial charge in [0.1, 0.15) is 0 Å². The van der Waals surface area contributed by atoms with Crippen molar-refractivity contribution in [1.29, 1.82) is 0 Å². The summed E-state index contributed by atoms with van der Waals surface area (Å²) in [5.74, 6) is -0.442. The van der Waals surface area contributed by atoms with Gasteiger partial charge in [0, 0.05) is 17.7 Å². The molecule has 0 spiro atoms. The van der Waals surface area contributed by atoms with Crippen molar-refractivity contribution in [1.82, 2.24) is 9.38 Å². The predicted octanol–water partition coefficient (Wildman–Crippen LogP) is 4.50. The molecule has 0 unspecified atom stereocenters. The molecule has 4 rings (SSSR count). The number of hydrogen-bond acceptors (Lipinski definition) is 5. The molecule has 30 heavy (non-hydrogen) atoms. The number of thiazole rings is 1. The molecule has 2 heterocycles. The number of para-hydroxylation sites is 2. The molecule has 152 valence electrons. The molecule has 0 saturated heterocycles. The van der Waals surface area contributed by atoms with Gasteiger partial charge in [0.05, 0.1) is 22.0 Å². The van der Waals surface area contributed by atoms with Crippen LogP contribution < -0.4 is 10.0 Å². The van der Waals surface area contributed by atoms with Gasteiger partial charge in [-0.25, -0.2) is 13.4 Å². The van der Waals surface area contributed by atoms with Crippen molar-refractivity contribution in [3.63, 3.8) is 0 Å². The normalized spacial score (nSPS) is 11.8. The standard InChI is InChI=1S/C20H15ClN4O3S2/c21-19-17(25-12-13-29-20(25)23-19)10-11-18(26)22-15-8-4-5-9-16(15)24-30(27,28)14-6-2-1-3-7-14/h1-13,24H,(H,22,26)/b11-10+. The number of nitrogens with one attached hydrogen (secondary N) is 2. The van der Waals surface area contributed by atoms with E-state index in [9.17, 15) is 13.2 Å². The second kappa shape index (κ2) is 8.31. The van der Waals surface area contributed by atoms with Gasteiger partial charge in [0.25, 0.3) is 10.0 Å². The molecule has 1 amide bonds. The Morgan fingerprint density at radius 3 is 2.53 bits per heavy atom. The SMILES string of the molecule is O=C(/C=C/c1c(Cl)nc2sccn12)Nc1ccccc1NS(=O)(=O)c1ccccc1. The highest BCUT2D eigenvalue weighted by molar-refractivity contribution is 7.92. The third kappa shape index (κ3) is 4.23. The maximum atomic E-state index is 12.6. The maximum Gasteiger partial charge on any atom is 0.261 e. The Labute approximate surface area is 181 Å². The summed E-state index contributed by atoms with van der Waals surface area (Å²) in [7, 11) is -3.79. The number of carbonyl (C=O) groups excluding carboxylic acids is 1. The average molecular weight is 459 g/mol. The first-order chi connectivity index (χ1) is 14.4. The number of fused-ring (bicyclic) bond motifs is 1. The Morgan fingerprint density at radius 2 is 1.77 bits per heavy atom. The number of imidazole rings is 1. The number of amides is 1. The van der Waals surface area contributed by atoms with Gasteiger partial charge in [-0.3, -0.25) is 13.9 Å². The summed E-state index contributed by atoms with van der Waals surface area (Å²) in [6.07, 6.45) is 4.68. The van der Waals surface area contributed by atoms with Gasteiger partial charge in [-0.2, -0.15) is 0 Å². The van der Waals surface area contributed by atoms with Crippen LogP contribution in [0.3, 0.4) is 0 Å². The van der Waals surface area contributed by atoms with Gasteiger partial charge in [0.2, 0.25) is 5.91 Å². The first kappa shape index (κ1) is 20.1. The van der Waals surface area contributed by atoms with Crippen molar-refractivity contribution in [3.8, 4) is 0 Å². The fraction of sp³-hybridized carbons (Fsp3) is 0. The van der Waals surface area contributed by atoms with Crippen molar-refractivity contribution < 1.29 is 13.2 Å². The van der Waals surface area contributed by atoms with Gasteiger partial charge in [-0.05, 0) is 30.3 Å². The lowest BCUT2D eigenvalue weighted by Crippen LogP contribution is -2.16. The molecule has 0 aliphatic carbocycles. The molecule has 0 saturated carbocycles. The van der Waals surface area contributed by atoms with Crippen LogP contribution in [0.25, 0.3) is 11.0 Å². The van der Waals surface area contributed by atoms with Crippen LogP contribution in [0.5, 0.6) is 0 Å². The fourth-order valence-corrected chi connectivity index (χ4v) is 4.85. The largest absolute Gasteiger partial charge is 0.321 e. The quantitative estimate of drug-likeness (QED) is 0.416. The van der Waals surface area contributed by atoms with E-state index in [-0.39, 0.29) is 10.6 Å². The zero-order chi connectivity index (χ0) is 21.1. The van der Waals surface area contributed by atoms with Crippen LogP contribution in [0.15, 0.2) is 77.1 Å². The molecule has 0 atom stereocenters. The van der Waals surface area contributed by atoms with Crippen LogP contribution in [0, 0.1) is 0 Å². The molecule has 2 N–H and O–H groups in total. The van der Waals surface area contributed by atoms with Gasteiger partial charge < -0.3 is 5.32 Å². The Hall–Kier alpha value is -3.14. The third-order valence-corrected chi connectivity index (χ3v) is 6.55. The van der Waals surface area contributed by atoms with E-state index < -0.39 is 15.9 Å². The number of halogens is 1. The topological polar surface area (TPSA) is 92.6 Å². The van der Waals surface area contributed by atoms with Crippen LogP contribution in [0.1, 0.15) is 5.69 Å². The molecule has 10 heteroatoms. The Balaban J connectivity index is 1.53. The molecule has 0 aliphatic rings. The van der Waals surface area contributed by atoms with Crippen LogP contribution >= 0.6 is 22.9 Å². The number of nitrogens with zero attached hydrogens (tertiary/aromatic N) is 2. The zero-order valence-electron chi connectivity index (χ0n) is 15.3. The second-order valence-corrected chi connectivity index (χ2v) is 9.04. The van der Waals surface area contributed by atoms with Crippen LogP contribution in [0.4, 0.5) is 11.4 Å². The molecule has 2 aromatic carbocycles. The first-order valence-electron chi connectivity index (χ1n) is 8.71. The Bertz CT molecular complexity index is 1340. The number of carbonyl (C=O) groups is 1. The van der Waals surface area contributed by atoms with E-state index in [1.165, 1.54) is 29.5 Å². The number of sulfonamides is 1. The maximum absolute atomic E-state index is 12.6. The zero-order valence-corrected chi connectivity index (χ0v) is 17.7. The summed E-state index contributed by atoms with van der Waals surface area (Å²) in [6, 6.07) is 14.5. The minimum atomic E-state index is -3.79. The van der Waals surface area contributed by atoms with E-state index >= 15 is 0 Å². The molecule has 0 fully saturated rings. The minimum Gasteiger partial charge on any atom is -0.321 e. The smallest absolute Gasteiger partial charge is 0.261 e. The summed E-state index contributed by atoms with van der Waals surface area (Å²) in [4.78, 5) is 17.5. The van der Waals surface area contributed by atoms with E-state index in [0.29, 0.717) is 16.5 Å². The highest BCUT2D eigenvalue weighted by Gasteiger charge is 2.16. The monoisotopic (exact) mass is 458 g/mol. The molecule has 0 aliphatic heterocycles. The molecular formula is C20H15ClN4O3S2. The lowest BCUT2D eigenvalue weighted by Gasteiger charge is -2.12. The van der Waals surface area contributed by atoms with Crippen molar-refractivity contribution in [3.05, 3.63) is 83.1 Å². The van der Waals surface area contributed by atoms with Gasteiger partial charge >= 0.3 is 0 Å². The number of anilines is 2. The lowest BCUT2D eigenvalue weighted by atomic mass is 10.2. The van der Waals surface area contributed by atoms with Crippen molar-refractivity contribution >= 4 is 61.3 Å². The molecule has 0 bridgehead atoms. The van der Waals surface area contributed by atoms with Crippen molar-refractivity contribution in [2.75, 3.05) is 10.0 Å². The van der Waals surface area contributed by atoms with Gasteiger partial charge in [-0.1, -0.05) is 41.9 Å².